The Labute approximate surface area is 173 Å². The molecule has 1 aromatic rings. The molecule has 29 heavy (non-hydrogen) atoms. The van der Waals surface area contributed by atoms with Gasteiger partial charge in [0.15, 0.2) is 5.84 Å². The Bertz CT molecular complexity index is 1010. The van der Waals surface area contributed by atoms with Gasteiger partial charge in [-0.05, 0) is 31.4 Å². The summed E-state index contributed by atoms with van der Waals surface area (Å²) in [6, 6.07) is -0.112. The van der Waals surface area contributed by atoms with Gasteiger partial charge < -0.3 is 15.8 Å². The molecule has 0 spiro atoms. The molecule has 1 unspecified atom stereocenters. The minimum absolute atomic E-state index is 0.0765. The number of aromatic nitrogens is 1. The van der Waals surface area contributed by atoms with Crippen LogP contribution in [0.3, 0.4) is 0 Å². The van der Waals surface area contributed by atoms with Crippen molar-refractivity contribution >= 4 is 35.1 Å². The third-order valence-corrected chi connectivity index (χ3v) is 5.93. The average Bonchev–Trinajstić information content (AvgIpc) is 2.90. The van der Waals surface area contributed by atoms with E-state index in [1.54, 1.807) is 18.4 Å². The molecule has 1 amide bonds. The number of aryl methyl sites for hydroxylation is 1. The third-order valence-electron chi connectivity index (χ3n) is 5.16. The summed E-state index contributed by atoms with van der Waals surface area (Å²) in [5.41, 5.74) is 12.4. The molecule has 0 bridgehead atoms. The van der Waals surface area contributed by atoms with E-state index in [9.17, 15) is 4.79 Å². The van der Waals surface area contributed by atoms with Crippen LogP contribution in [0.15, 0.2) is 31.9 Å². The van der Waals surface area contributed by atoms with Gasteiger partial charge in [-0.2, -0.15) is 19.7 Å². The number of methoxy groups -OCH3 is 1. The van der Waals surface area contributed by atoms with Crippen LogP contribution in [0.2, 0.25) is 0 Å². The van der Waals surface area contributed by atoms with E-state index >= 15 is 0 Å². The van der Waals surface area contributed by atoms with Crippen LogP contribution < -0.4 is 15.8 Å². The van der Waals surface area contributed by atoms with Crippen molar-refractivity contribution in [3.05, 3.63) is 34.2 Å². The fourth-order valence-corrected chi connectivity index (χ4v) is 4.64. The highest BCUT2D eigenvalue weighted by Gasteiger charge is 2.39. The first-order valence-electron chi connectivity index (χ1n) is 9.28. The van der Waals surface area contributed by atoms with Gasteiger partial charge in [0.1, 0.15) is 18.0 Å². The average molecular weight is 414 g/mol. The van der Waals surface area contributed by atoms with Gasteiger partial charge in [-0.25, -0.2) is 0 Å². The second-order valence-electron chi connectivity index (χ2n) is 7.18. The molecular weight excluding hydrogens is 390 g/mol. The van der Waals surface area contributed by atoms with Gasteiger partial charge in [0, 0.05) is 42.0 Å². The number of rotatable bonds is 4. The molecule has 10 heteroatoms. The van der Waals surface area contributed by atoms with Crippen molar-refractivity contribution in [1.29, 1.82) is 0 Å². The van der Waals surface area contributed by atoms with Crippen molar-refractivity contribution in [2.24, 2.45) is 20.3 Å². The fourth-order valence-electron chi connectivity index (χ4n) is 3.87. The van der Waals surface area contributed by atoms with Crippen molar-refractivity contribution in [2.45, 2.75) is 39.8 Å². The molecule has 2 aliphatic heterocycles. The largest absolute Gasteiger partial charge is 0.496 e. The van der Waals surface area contributed by atoms with E-state index in [1.807, 2.05) is 13.8 Å². The molecule has 4 rings (SSSR count). The second-order valence-corrected chi connectivity index (χ2v) is 7.91. The summed E-state index contributed by atoms with van der Waals surface area (Å²) in [4.78, 5) is 16.2. The Kier molecular flexibility index (Phi) is 5.03. The molecule has 0 saturated heterocycles. The number of ether oxygens (including phenoxy) is 1. The molecule has 3 heterocycles. The van der Waals surface area contributed by atoms with Gasteiger partial charge >= 0.3 is 0 Å². The number of nitrogens with one attached hydrogen (secondary N) is 1. The maximum absolute atomic E-state index is 11.7. The van der Waals surface area contributed by atoms with E-state index in [0.717, 1.165) is 39.4 Å². The number of hydrogen-bond donors (Lipinski definition) is 2. The van der Waals surface area contributed by atoms with E-state index in [2.05, 4.69) is 19.8 Å². The van der Waals surface area contributed by atoms with Crippen molar-refractivity contribution < 1.29 is 9.53 Å². The Morgan fingerprint density at radius 1 is 1.41 bits per heavy atom. The van der Waals surface area contributed by atoms with E-state index in [0.29, 0.717) is 30.3 Å². The van der Waals surface area contributed by atoms with E-state index in [-0.39, 0.29) is 11.9 Å². The minimum atomic E-state index is -0.112. The van der Waals surface area contributed by atoms with Crippen LogP contribution in [-0.2, 0) is 11.3 Å². The van der Waals surface area contributed by atoms with Crippen molar-refractivity contribution in [1.82, 2.24) is 15.4 Å². The van der Waals surface area contributed by atoms with Crippen LogP contribution >= 0.6 is 11.9 Å². The molecule has 1 aromatic heterocycles. The number of amides is 1. The zero-order valence-electron chi connectivity index (χ0n) is 16.8. The van der Waals surface area contributed by atoms with Crippen LogP contribution in [-0.4, -0.2) is 52.2 Å². The first-order valence-corrected chi connectivity index (χ1v) is 10.2. The Morgan fingerprint density at radius 3 is 2.93 bits per heavy atom. The third kappa shape index (κ3) is 3.48. The van der Waals surface area contributed by atoms with Crippen molar-refractivity contribution in [3.8, 4) is 5.75 Å². The molecule has 1 atom stereocenters. The Balaban J connectivity index is 1.71. The van der Waals surface area contributed by atoms with Gasteiger partial charge in [-0.1, -0.05) is 0 Å². The highest BCUT2D eigenvalue weighted by molar-refractivity contribution is 7.98. The van der Waals surface area contributed by atoms with Gasteiger partial charge in [0.25, 0.3) is 0 Å². The summed E-state index contributed by atoms with van der Waals surface area (Å²) in [7, 11) is 1.65. The van der Waals surface area contributed by atoms with E-state index in [1.165, 1.54) is 18.9 Å². The summed E-state index contributed by atoms with van der Waals surface area (Å²) in [5.74, 6) is 1.75. The number of carbonyl (C=O) groups excluding carboxylic acids is 1. The lowest BCUT2D eigenvalue weighted by molar-refractivity contribution is -0.119. The summed E-state index contributed by atoms with van der Waals surface area (Å²) in [5, 5.41) is 14.0. The normalized spacial score (nSPS) is 20.5. The fraction of sp³-hybridized carbons (Fsp3) is 0.421. The highest BCUT2D eigenvalue weighted by Crippen LogP contribution is 2.34. The smallest absolute Gasteiger partial charge is 0.217 e. The monoisotopic (exact) mass is 413 g/mol. The topological polar surface area (TPSA) is 118 Å². The van der Waals surface area contributed by atoms with Crippen molar-refractivity contribution in [2.75, 3.05) is 12.9 Å². The maximum Gasteiger partial charge on any atom is 0.217 e. The number of amidine groups is 1. The zero-order chi connectivity index (χ0) is 20.7. The lowest BCUT2D eigenvalue weighted by Crippen LogP contribution is -2.34. The summed E-state index contributed by atoms with van der Waals surface area (Å²) in [6.07, 6.45) is 2.40. The van der Waals surface area contributed by atoms with Crippen molar-refractivity contribution in [3.63, 3.8) is 0 Å². The molecule has 3 N–H and O–H groups in total. The van der Waals surface area contributed by atoms with E-state index in [4.69, 9.17) is 15.6 Å². The van der Waals surface area contributed by atoms with Crippen LogP contribution in [0.25, 0.3) is 0 Å². The molecular formula is C19H23N7O2S. The molecule has 0 fully saturated rings. The summed E-state index contributed by atoms with van der Waals surface area (Å²) in [6.45, 7) is 5.83. The number of nitrogens with zero attached hydrogens (tertiary/aromatic N) is 5. The maximum atomic E-state index is 11.7. The lowest BCUT2D eigenvalue weighted by Gasteiger charge is -2.23. The van der Waals surface area contributed by atoms with Crippen LogP contribution in [0.1, 0.15) is 30.2 Å². The number of nitrogens with two attached hydrogens (primary N) is 1. The number of carbonyl (C=O) groups is 1. The second kappa shape index (κ2) is 7.51. The summed E-state index contributed by atoms with van der Waals surface area (Å²) >= 11 is 1.36. The predicted molar refractivity (Wildman–Crippen MR) is 114 cm³/mol. The first-order chi connectivity index (χ1) is 13.9. The zero-order valence-corrected chi connectivity index (χ0v) is 17.6. The van der Waals surface area contributed by atoms with Gasteiger partial charge in [-0.3, -0.25) is 9.78 Å². The van der Waals surface area contributed by atoms with Gasteiger partial charge in [0.05, 0.1) is 24.6 Å². The first kappa shape index (κ1) is 19.4. The number of pyridine rings is 1. The standard InChI is InChI=1S/C19H23N7O2S/c1-9-6-21-15(10(2)18(9)28-4)7-26-23-14-5-13(22-11(3)27)12-8-29-25-19(20)17(24-26)16(12)14/h6,13H,5,7-8H2,1-4H3,(H2,20,25)(H,22,27). The van der Waals surface area contributed by atoms with Crippen LogP contribution in [0.5, 0.6) is 5.75 Å². The predicted octanol–water partition coefficient (Wildman–Crippen LogP) is 1.46. The molecule has 0 radical (unpaired) electrons. The van der Waals surface area contributed by atoms with E-state index < -0.39 is 0 Å². The Morgan fingerprint density at radius 2 is 2.21 bits per heavy atom. The minimum Gasteiger partial charge on any atom is -0.496 e. The number of hydrazone groups is 2. The molecule has 152 valence electrons. The van der Waals surface area contributed by atoms with Gasteiger partial charge in [0.2, 0.25) is 5.91 Å². The van der Waals surface area contributed by atoms with Crippen LogP contribution in [0, 0.1) is 13.8 Å². The van der Waals surface area contributed by atoms with Gasteiger partial charge in [-0.15, -0.1) is 0 Å². The quantitative estimate of drug-likeness (QED) is 0.722. The molecule has 0 saturated carbocycles. The summed E-state index contributed by atoms with van der Waals surface area (Å²) < 4.78 is 9.85. The molecule has 0 aromatic carbocycles. The van der Waals surface area contributed by atoms with Crippen LogP contribution in [0.4, 0.5) is 0 Å². The Hall–Kier alpha value is -2.88. The molecule has 1 aliphatic carbocycles. The SMILES string of the molecule is COc1c(C)cnc(CN2N=C3CC(NC(C)=O)C4=C3C(=N2)C(N)=NSC4)c1C. The lowest BCUT2D eigenvalue weighted by atomic mass is 10.0. The number of hydrogen-bond acceptors (Lipinski definition) is 9. The molecule has 9 nitrogen and oxygen atoms in total. The highest BCUT2D eigenvalue weighted by atomic mass is 32.2. The molecule has 3 aliphatic rings.